The number of hydrogen-bond acceptors (Lipinski definition) is 4. The van der Waals surface area contributed by atoms with Crippen LogP contribution in [-0.4, -0.2) is 28.9 Å². The molecule has 5 heteroatoms. The van der Waals surface area contributed by atoms with Gasteiger partial charge in [-0.2, -0.15) is 11.8 Å². The summed E-state index contributed by atoms with van der Waals surface area (Å²) < 4.78 is 0. The number of thioether (sulfide) groups is 1. The van der Waals surface area contributed by atoms with Crippen molar-refractivity contribution in [2.45, 2.75) is 6.42 Å². The fourth-order valence-corrected chi connectivity index (χ4v) is 3.01. The van der Waals surface area contributed by atoms with Crippen LogP contribution in [-0.2, 0) is 0 Å². The maximum Gasteiger partial charge on any atom is 0.252 e. The van der Waals surface area contributed by atoms with Crippen molar-refractivity contribution < 1.29 is 4.79 Å². The molecule has 0 saturated carbocycles. The van der Waals surface area contributed by atoms with E-state index in [1.165, 1.54) is 17.9 Å². The zero-order valence-corrected chi connectivity index (χ0v) is 9.80. The van der Waals surface area contributed by atoms with Gasteiger partial charge in [0.2, 0.25) is 0 Å². The maximum absolute atomic E-state index is 11.2. The molecule has 4 nitrogen and oxygen atoms in total. The van der Waals surface area contributed by atoms with Gasteiger partial charge in [0.05, 0.1) is 5.56 Å². The Labute approximate surface area is 99.0 Å². The van der Waals surface area contributed by atoms with Gasteiger partial charge in [0.1, 0.15) is 5.82 Å². The minimum atomic E-state index is -0.434. The Morgan fingerprint density at radius 2 is 2.56 bits per heavy atom. The molecule has 1 aromatic rings. The zero-order chi connectivity index (χ0) is 11.4. The minimum Gasteiger partial charge on any atom is -0.369 e. The summed E-state index contributed by atoms with van der Waals surface area (Å²) >= 11 is 1.98. The SMILES string of the molecule is NC(=O)c1cccnc1NCC1CCSC1. The highest BCUT2D eigenvalue weighted by molar-refractivity contribution is 7.99. The van der Waals surface area contributed by atoms with Gasteiger partial charge in [-0.3, -0.25) is 4.79 Å². The molecule has 1 aliphatic heterocycles. The second kappa shape index (κ2) is 5.21. The number of carbonyl (C=O) groups is 1. The average molecular weight is 237 g/mol. The predicted octanol–water partition coefficient (Wildman–Crippen LogP) is 1.35. The first-order chi connectivity index (χ1) is 7.77. The summed E-state index contributed by atoms with van der Waals surface area (Å²) in [6.07, 6.45) is 2.90. The van der Waals surface area contributed by atoms with E-state index in [-0.39, 0.29) is 0 Å². The Kier molecular flexibility index (Phi) is 3.66. The van der Waals surface area contributed by atoms with Crippen molar-refractivity contribution in [2.75, 3.05) is 23.4 Å². The van der Waals surface area contributed by atoms with Crippen LogP contribution in [0.2, 0.25) is 0 Å². The van der Waals surface area contributed by atoms with E-state index in [4.69, 9.17) is 5.73 Å². The van der Waals surface area contributed by atoms with Crippen LogP contribution in [0.15, 0.2) is 18.3 Å². The van der Waals surface area contributed by atoms with Crippen molar-refractivity contribution in [1.29, 1.82) is 0 Å². The van der Waals surface area contributed by atoms with Crippen LogP contribution < -0.4 is 11.1 Å². The van der Waals surface area contributed by atoms with Gasteiger partial charge in [-0.15, -0.1) is 0 Å². The van der Waals surface area contributed by atoms with Crippen LogP contribution in [0.4, 0.5) is 5.82 Å². The monoisotopic (exact) mass is 237 g/mol. The van der Waals surface area contributed by atoms with E-state index < -0.39 is 5.91 Å². The standard InChI is InChI=1S/C11H15N3OS/c12-10(15)9-2-1-4-13-11(9)14-6-8-3-5-16-7-8/h1-2,4,8H,3,5-7H2,(H2,12,15)(H,13,14). The summed E-state index contributed by atoms with van der Waals surface area (Å²) in [5, 5.41) is 3.21. The molecule has 1 aromatic heterocycles. The van der Waals surface area contributed by atoms with Gasteiger partial charge < -0.3 is 11.1 Å². The van der Waals surface area contributed by atoms with E-state index in [9.17, 15) is 4.79 Å². The summed E-state index contributed by atoms with van der Waals surface area (Å²) in [6.45, 7) is 0.865. The van der Waals surface area contributed by atoms with Gasteiger partial charge in [0.25, 0.3) is 5.91 Å². The first-order valence-corrected chi connectivity index (χ1v) is 6.49. The third kappa shape index (κ3) is 2.66. The highest BCUT2D eigenvalue weighted by Crippen LogP contribution is 2.23. The van der Waals surface area contributed by atoms with E-state index >= 15 is 0 Å². The summed E-state index contributed by atoms with van der Waals surface area (Å²) in [6, 6.07) is 3.41. The summed E-state index contributed by atoms with van der Waals surface area (Å²) in [5.41, 5.74) is 5.74. The molecule has 0 aliphatic carbocycles. The first-order valence-electron chi connectivity index (χ1n) is 5.34. The van der Waals surface area contributed by atoms with Crippen molar-refractivity contribution >= 4 is 23.5 Å². The third-order valence-electron chi connectivity index (χ3n) is 2.66. The highest BCUT2D eigenvalue weighted by Gasteiger charge is 2.16. The smallest absolute Gasteiger partial charge is 0.252 e. The molecular weight excluding hydrogens is 222 g/mol. The lowest BCUT2D eigenvalue weighted by Gasteiger charge is -2.12. The molecule has 1 atom stereocenters. The molecule has 1 amide bonds. The van der Waals surface area contributed by atoms with Crippen LogP contribution in [0.5, 0.6) is 0 Å². The molecular formula is C11H15N3OS. The van der Waals surface area contributed by atoms with E-state index in [0.717, 1.165) is 6.54 Å². The lowest BCUT2D eigenvalue weighted by atomic mass is 10.1. The maximum atomic E-state index is 11.2. The van der Waals surface area contributed by atoms with E-state index in [2.05, 4.69) is 10.3 Å². The molecule has 0 spiro atoms. The number of pyridine rings is 1. The summed E-state index contributed by atoms with van der Waals surface area (Å²) in [7, 11) is 0. The second-order valence-corrected chi connectivity index (χ2v) is 5.02. The summed E-state index contributed by atoms with van der Waals surface area (Å²) in [4.78, 5) is 15.3. The molecule has 86 valence electrons. The van der Waals surface area contributed by atoms with Crippen molar-refractivity contribution in [3.05, 3.63) is 23.9 Å². The number of hydrogen-bond donors (Lipinski definition) is 2. The van der Waals surface area contributed by atoms with Crippen LogP contribution in [0, 0.1) is 5.92 Å². The number of amides is 1. The quantitative estimate of drug-likeness (QED) is 0.829. The fraction of sp³-hybridized carbons (Fsp3) is 0.455. The Hall–Kier alpha value is -1.23. The zero-order valence-electron chi connectivity index (χ0n) is 8.98. The number of aromatic nitrogens is 1. The fourth-order valence-electron chi connectivity index (χ4n) is 1.73. The van der Waals surface area contributed by atoms with E-state index in [1.54, 1.807) is 18.3 Å². The van der Waals surface area contributed by atoms with E-state index in [0.29, 0.717) is 17.3 Å². The number of nitrogens with one attached hydrogen (secondary N) is 1. The number of rotatable bonds is 4. The van der Waals surface area contributed by atoms with Gasteiger partial charge in [0.15, 0.2) is 0 Å². The Bertz CT molecular complexity index is 377. The Morgan fingerprint density at radius 3 is 3.25 bits per heavy atom. The largest absolute Gasteiger partial charge is 0.369 e. The predicted molar refractivity (Wildman–Crippen MR) is 66.7 cm³/mol. The number of nitrogens with two attached hydrogens (primary N) is 1. The summed E-state index contributed by atoms with van der Waals surface area (Å²) in [5.74, 6) is 3.26. The second-order valence-electron chi connectivity index (χ2n) is 3.87. The molecule has 0 radical (unpaired) electrons. The van der Waals surface area contributed by atoms with Crippen LogP contribution in [0.25, 0.3) is 0 Å². The van der Waals surface area contributed by atoms with Crippen molar-refractivity contribution in [1.82, 2.24) is 4.98 Å². The first kappa shape index (κ1) is 11.3. The molecule has 16 heavy (non-hydrogen) atoms. The topological polar surface area (TPSA) is 68.0 Å². The minimum absolute atomic E-state index is 0.434. The highest BCUT2D eigenvalue weighted by atomic mass is 32.2. The van der Waals surface area contributed by atoms with Crippen molar-refractivity contribution in [3.8, 4) is 0 Å². The number of primary amides is 1. The van der Waals surface area contributed by atoms with Crippen LogP contribution >= 0.6 is 11.8 Å². The Morgan fingerprint density at radius 1 is 1.69 bits per heavy atom. The number of carbonyl (C=O) groups excluding carboxylic acids is 1. The van der Waals surface area contributed by atoms with Gasteiger partial charge in [-0.25, -0.2) is 4.98 Å². The van der Waals surface area contributed by atoms with Crippen LogP contribution in [0.1, 0.15) is 16.8 Å². The average Bonchev–Trinajstić information content (AvgIpc) is 2.79. The lowest BCUT2D eigenvalue weighted by Crippen LogP contribution is -2.19. The van der Waals surface area contributed by atoms with Gasteiger partial charge >= 0.3 is 0 Å². The van der Waals surface area contributed by atoms with Gasteiger partial charge in [0, 0.05) is 12.7 Å². The number of nitrogens with zero attached hydrogens (tertiary/aromatic N) is 1. The van der Waals surface area contributed by atoms with E-state index in [1.807, 2.05) is 11.8 Å². The van der Waals surface area contributed by atoms with Crippen molar-refractivity contribution in [3.63, 3.8) is 0 Å². The molecule has 2 heterocycles. The molecule has 1 aliphatic rings. The third-order valence-corrected chi connectivity index (χ3v) is 3.89. The molecule has 1 unspecified atom stereocenters. The van der Waals surface area contributed by atoms with Crippen molar-refractivity contribution in [2.24, 2.45) is 11.7 Å². The lowest BCUT2D eigenvalue weighted by molar-refractivity contribution is 0.100. The van der Waals surface area contributed by atoms with Crippen LogP contribution in [0.3, 0.4) is 0 Å². The normalized spacial score (nSPS) is 19.6. The molecule has 1 saturated heterocycles. The molecule has 0 bridgehead atoms. The number of anilines is 1. The molecule has 3 N–H and O–H groups in total. The van der Waals surface area contributed by atoms with Gasteiger partial charge in [-0.1, -0.05) is 0 Å². The Balaban J connectivity index is 2.00. The molecule has 0 aromatic carbocycles. The molecule has 1 fully saturated rings. The molecule has 2 rings (SSSR count). The van der Waals surface area contributed by atoms with Gasteiger partial charge in [-0.05, 0) is 36.0 Å².